The van der Waals surface area contributed by atoms with Crippen LogP contribution in [0.3, 0.4) is 0 Å². The van der Waals surface area contributed by atoms with E-state index in [9.17, 15) is 0 Å². The van der Waals surface area contributed by atoms with Crippen LogP contribution >= 0.6 is 11.3 Å². The van der Waals surface area contributed by atoms with Crippen LogP contribution in [0.4, 0.5) is 0 Å². The van der Waals surface area contributed by atoms with Gasteiger partial charge in [0.05, 0.1) is 10.2 Å². The zero-order chi connectivity index (χ0) is 32.2. The van der Waals surface area contributed by atoms with Gasteiger partial charge in [-0.05, 0) is 108 Å². The first-order valence-corrected chi connectivity index (χ1v) is 17.2. The highest BCUT2D eigenvalue weighted by atomic mass is 32.1. The normalized spacial score (nSPS) is 12.8. The molecule has 1 aromatic heterocycles. The Balaban J connectivity index is 1.43. The highest BCUT2D eigenvalue weighted by Crippen LogP contribution is 2.45. The Kier molecular flexibility index (Phi) is 6.77. The molecule has 0 bridgehead atoms. The van der Waals surface area contributed by atoms with E-state index < -0.39 is 0 Å². The molecule has 0 radical (unpaired) electrons. The molecule has 0 amide bonds. The Bertz CT molecular complexity index is 2870. The first kappa shape index (κ1) is 28.4. The van der Waals surface area contributed by atoms with Crippen molar-refractivity contribution in [1.29, 1.82) is 0 Å². The van der Waals surface area contributed by atoms with E-state index in [4.69, 9.17) is 4.99 Å². The molecular formula is C46H31NS. The number of benzene rings is 8. The molecule has 0 saturated heterocycles. The molecule has 0 aliphatic carbocycles. The van der Waals surface area contributed by atoms with Gasteiger partial charge >= 0.3 is 0 Å². The minimum atomic E-state index is 0.913. The third-order valence-corrected chi connectivity index (χ3v) is 10.9. The van der Waals surface area contributed by atoms with Gasteiger partial charge in [-0.15, -0.1) is 11.3 Å². The number of aliphatic imine (C=N–C) groups is 1. The summed E-state index contributed by atoms with van der Waals surface area (Å²) in [6.07, 6.45) is 2.20. The predicted octanol–water partition coefficient (Wildman–Crippen LogP) is 11.5. The van der Waals surface area contributed by atoms with Crippen molar-refractivity contribution in [3.63, 3.8) is 0 Å². The number of thiophene rings is 1. The first-order valence-electron chi connectivity index (χ1n) is 16.3. The van der Waals surface area contributed by atoms with Crippen molar-refractivity contribution in [2.45, 2.75) is 6.92 Å². The number of rotatable bonds is 4. The Morgan fingerprint density at radius 3 is 1.65 bits per heavy atom. The minimum Gasteiger partial charge on any atom is -0.263 e. The van der Waals surface area contributed by atoms with Crippen molar-refractivity contribution in [1.82, 2.24) is 0 Å². The average Bonchev–Trinajstić information content (AvgIpc) is 3.52. The fraction of sp³-hybridized carbons (Fsp3) is 0.0217. The molecule has 0 fully saturated rings. The SMILES string of the molecule is C=N/C(c1ccc2c(-c3ccc4ccccc4c3)c3ccccc3c(-c3ccc4ccccc4c3)c2c1)=c1/sc2ccccc2/c1=C/C. The smallest absolute Gasteiger partial charge is 0.0873 e. The zero-order valence-electron chi connectivity index (χ0n) is 26.6. The topological polar surface area (TPSA) is 12.4 Å². The Morgan fingerprint density at radius 2 is 1.04 bits per heavy atom. The molecule has 226 valence electrons. The van der Waals surface area contributed by atoms with Crippen LogP contribution in [-0.4, -0.2) is 6.72 Å². The van der Waals surface area contributed by atoms with Crippen molar-refractivity contribution >= 4 is 83.0 Å². The minimum absolute atomic E-state index is 0.913. The fourth-order valence-electron chi connectivity index (χ4n) is 7.46. The standard InChI is InChI=1S/C46H31NS/c1-3-36-37-16-10-11-19-42(37)48-46(36)45(47-2)35-24-25-40-41(28-35)44(34-23-21-30-13-5-7-15-32(30)27-34)39-18-9-8-17-38(39)43(40)33-22-20-29-12-4-6-14-31(29)26-33/h3-28H,2H2,1H3/b36-3-,46-45+. The first-order chi connectivity index (χ1) is 23.7. The molecule has 9 rings (SSSR count). The highest BCUT2D eigenvalue weighted by molar-refractivity contribution is 7.17. The average molecular weight is 630 g/mol. The van der Waals surface area contributed by atoms with Gasteiger partial charge in [0.1, 0.15) is 0 Å². The van der Waals surface area contributed by atoms with Crippen LogP contribution in [0.25, 0.3) is 87.2 Å². The molecule has 1 nitrogen and oxygen atoms in total. The van der Waals surface area contributed by atoms with Gasteiger partial charge in [-0.2, -0.15) is 0 Å². The van der Waals surface area contributed by atoms with Crippen molar-refractivity contribution in [2.75, 3.05) is 0 Å². The maximum Gasteiger partial charge on any atom is 0.0873 e. The van der Waals surface area contributed by atoms with E-state index >= 15 is 0 Å². The fourth-order valence-corrected chi connectivity index (χ4v) is 8.73. The van der Waals surface area contributed by atoms with E-state index in [0.717, 1.165) is 15.8 Å². The van der Waals surface area contributed by atoms with Crippen LogP contribution in [-0.2, 0) is 0 Å². The molecule has 0 spiro atoms. The molecular weight excluding hydrogens is 599 g/mol. The molecule has 0 unspecified atom stereocenters. The number of nitrogens with zero attached hydrogens (tertiary/aromatic N) is 1. The molecule has 0 aliphatic rings. The molecule has 48 heavy (non-hydrogen) atoms. The van der Waals surface area contributed by atoms with Crippen LogP contribution in [0.5, 0.6) is 0 Å². The van der Waals surface area contributed by atoms with E-state index in [0.29, 0.717) is 0 Å². The lowest BCUT2D eigenvalue weighted by Gasteiger charge is -2.19. The number of fused-ring (bicyclic) bond motifs is 5. The number of hydrogen-bond donors (Lipinski definition) is 0. The van der Waals surface area contributed by atoms with Gasteiger partial charge in [-0.25, -0.2) is 0 Å². The van der Waals surface area contributed by atoms with Gasteiger partial charge in [0, 0.05) is 15.6 Å². The lowest BCUT2D eigenvalue weighted by molar-refractivity contribution is 1.50. The second-order valence-corrected chi connectivity index (χ2v) is 13.4. The van der Waals surface area contributed by atoms with Crippen LogP contribution in [0.15, 0.2) is 157 Å². The summed E-state index contributed by atoms with van der Waals surface area (Å²) >= 11 is 1.79. The summed E-state index contributed by atoms with van der Waals surface area (Å²) in [5, 5.41) is 12.3. The largest absolute Gasteiger partial charge is 0.263 e. The van der Waals surface area contributed by atoms with E-state index in [-0.39, 0.29) is 0 Å². The van der Waals surface area contributed by atoms with Crippen LogP contribution in [0.1, 0.15) is 12.5 Å². The second kappa shape index (κ2) is 11.5. The lowest BCUT2D eigenvalue weighted by atomic mass is 9.84. The molecule has 0 aliphatic heterocycles. The van der Waals surface area contributed by atoms with Crippen molar-refractivity contribution in [3.8, 4) is 22.3 Å². The molecule has 1 heterocycles. The Labute approximate surface area is 283 Å². The monoisotopic (exact) mass is 629 g/mol. The van der Waals surface area contributed by atoms with Crippen molar-refractivity contribution < 1.29 is 0 Å². The maximum absolute atomic E-state index is 4.72. The molecule has 0 saturated carbocycles. The lowest BCUT2D eigenvalue weighted by Crippen LogP contribution is -2.21. The predicted molar refractivity (Wildman–Crippen MR) is 211 cm³/mol. The summed E-state index contributed by atoms with van der Waals surface area (Å²) in [7, 11) is 0. The van der Waals surface area contributed by atoms with Gasteiger partial charge in [-0.3, -0.25) is 4.99 Å². The summed E-state index contributed by atoms with van der Waals surface area (Å²) in [6.45, 7) is 6.21. The highest BCUT2D eigenvalue weighted by Gasteiger charge is 2.19. The summed E-state index contributed by atoms with van der Waals surface area (Å²) in [5.74, 6) is 0. The van der Waals surface area contributed by atoms with E-state index in [1.54, 1.807) is 11.3 Å². The van der Waals surface area contributed by atoms with Crippen LogP contribution < -0.4 is 9.75 Å². The summed E-state index contributed by atoms with van der Waals surface area (Å²) < 4.78 is 2.40. The van der Waals surface area contributed by atoms with Crippen LogP contribution in [0.2, 0.25) is 0 Å². The van der Waals surface area contributed by atoms with Gasteiger partial charge in [0.25, 0.3) is 0 Å². The summed E-state index contributed by atoms with van der Waals surface area (Å²) in [5.41, 5.74) is 6.88. The second-order valence-electron chi connectivity index (χ2n) is 12.3. The molecule has 8 aromatic carbocycles. The quantitative estimate of drug-likeness (QED) is 0.136. The van der Waals surface area contributed by atoms with E-state index in [1.807, 2.05) is 0 Å². The Morgan fingerprint density at radius 1 is 0.521 bits per heavy atom. The van der Waals surface area contributed by atoms with Crippen molar-refractivity contribution in [2.24, 2.45) is 4.99 Å². The Hall–Kier alpha value is -5.83. The van der Waals surface area contributed by atoms with Crippen LogP contribution in [0, 0.1) is 0 Å². The zero-order valence-corrected chi connectivity index (χ0v) is 27.4. The molecule has 0 atom stereocenters. The van der Waals surface area contributed by atoms with Gasteiger partial charge in [0.2, 0.25) is 0 Å². The molecule has 0 N–H and O–H groups in total. The summed E-state index contributed by atoms with van der Waals surface area (Å²) in [6, 6.07) is 55.3. The number of hydrogen-bond acceptors (Lipinski definition) is 2. The van der Waals surface area contributed by atoms with E-state index in [1.165, 1.54) is 80.6 Å². The van der Waals surface area contributed by atoms with Crippen molar-refractivity contribution in [3.05, 3.63) is 167 Å². The molecule has 2 heteroatoms. The molecule has 9 aromatic rings. The third kappa shape index (κ3) is 4.49. The summed E-state index contributed by atoms with van der Waals surface area (Å²) in [4.78, 5) is 4.72. The van der Waals surface area contributed by atoms with Gasteiger partial charge < -0.3 is 0 Å². The van der Waals surface area contributed by atoms with Gasteiger partial charge in [-0.1, -0.05) is 133 Å². The third-order valence-electron chi connectivity index (χ3n) is 9.67. The van der Waals surface area contributed by atoms with E-state index in [2.05, 4.69) is 171 Å². The maximum atomic E-state index is 4.72. The van der Waals surface area contributed by atoms with Gasteiger partial charge in [0.15, 0.2) is 0 Å².